The highest BCUT2D eigenvalue weighted by Crippen LogP contribution is 2.30. The summed E-state index contributed by atoms with van der Waals surface area (Å²) in [5.41, 5.74) is 2.16. The van der Waals surface area contributed by atoms with Crippen molar-refractivity contribution in [2.24, 2.45) is 0 Å². The fourth-order valence-electron chi connectivity index (χ4n) is 3.92. The van der Waals surface area contributed by atoms with Crippen LogP contribution in [0.4, 0.5) is 4.79 Å². The lowest BCUT2D eigenvalue weighted by atomic mass is 10.0. The second-order valence-electron chi connectivity index (χ2n) is 7.45. The number of ether oxygens (including phenoxy) is 1. The monoisotopic (exact) mass is 463 g/mol. The Morgan fingerprint density at radius 1 is 1.00 bits per heavy atom. The number of sulfonamides is 1. The van der Waals surface area contributed by atoms with E-state index in [0.717, 1.165) is 22.5 Å². The lowest BCUT2D eigenvalue weighted by Crippen LogP contribution is -2.50. The van der Waals surface area contributed by atoms with Gasteiger partial charge in [0.2, 0.25) is 10.0 Å². The molecule has 2 aliphatic rings. The van der Waals surface area contributed by atoms with Crippen LogP contribution >= 0.6 is 11.3 Å². The smallest absolute Gasteiger partial charge is 0.409 e. The number of nitrogens with zero attached hydrogens (tertiary/aromatic N) is 3. The molecule has 10 heteroatoms. The van der Waals surface area contributed by atoms with Crippen LogP contribution in [-0.4, -0.2) is 73.9 Å². The summed E-state index contributed by atoms with van der Waals surface area (Å²) in [6, 6.07) is 9.35. The second-order valence-corrected chi connectivity index (χ2v) is 10.3. The predicted molar refractivity (Wildman–Crippen MR) is 117 cm³/mol. The average Bonchev–Trinajstić information content (AvgIpc) is 3.29. The molecule has 1 aromatic carbocycles. The Kier molecular flexibility index (Phi) is 6.31. The summed E-state index contributed by atoms with van der Waals surface area (Å²) in [5, 5.41) is 1.65. The van der Waals surface area contributed by atoms with Gasteiger partial charge < -0.3 is 14.5 Å². The number of rotatable bonds is 4. The number of benzene rings is 1. The highest BCUT2D eigenvalue weighted by atomic mass is 32.2. The van der Waals surface area contributed by atoms with Crippen molar-refractivity contribution in [2.45, 2.75) is 24.8 Å². The Morgan fingerprint density at radius 2 is 1.68 bits per heavy atom. The summed E-state index contributed by atoms with van der Waals surface area (Å²) < 4.78 is 33.2. The lowest BCUT2D eigenvalue weighted by Gasteiger charge is -2.34. The lowest BCUT2D eigenvalue weighted by molar-refractivity contribution is 0.0571. The highest BCUT2D eigenvalue weighted by molar-refractivity contribution is 7.89. The van der Waals surface area contributed by atoms with E-state index in [9.17, 15) is 18.0 Å². The molecule has 1 saturated heterocycles. The fraction of sp³-hybridized carbons (Fsp3) is 0.429. The van der Waals surface area contributed by atoms with Gasteiger partial charge in [0, 0.05) is 39.3 Å². The molecule has 0 spiro atoms. The number of amides is 2. The molecule has 0 bridgehead atoms. The van der Waals surface area contributed by atoms with Crippen LogP contribution in [0.2, 0.25) is 0 Å². The zero-order valence-corrected chi connectivity index (χ0v) is 19.0. The van der Waals surface area contributed by atoms with Gasteiger partial charge >= 0.3 is 6.09 Å². The predicted octanol–water partition coefficient (Wildman–Crippen LogP) is 2.41. The number of thiophene rings is 1. The molecule has 0 unspecified atom stereocenters. The van der Waals surface area contributed by atoms with Gasteiger partial charge in [-0.1, -0.05) is 24.3 Å². The van der Waals surface area contributed by atoms with E-state index in [1.807, 2.05) is 24.3 Å². The molecule has 166 valence electrons. The van der Waals surface area contributed by atoms with E-state index in [-0.39, 0.29) is 21.8 Å². The normalized spacial score (nSPS) is 17.3. The maximum atomic E-state index is 13.4. The van der Waals surface area contributed by atoms with Crippen molar-refractivity contribution in [3.05, 3.63) is 51.7 Å². The Bertz CT molecular complexity index is 1070. The van der Waals surface area contributed by atoms with Crippen molar-refractivity contribution in [1.29, 1.82) is 0 Å². The third-order valence-electron chi connectivity index (χ3n) is 5.63. The minimum atomic E-state index is -3.80. The van der Waals surface area contributed by atoms with Crippen LogP contribution in [0.25, 0.3) is 0 Å². The van der Waals surface area contributed by atoms with Crippen molar-refractivity contribution in [1.82, 2.24) is 14.1 Å². The minimum absolute atomic E-state index is 0.0645. The van der Waals surface area contributed by atoms with Crippen LogP contribution in [0, 0.1) is 0 Å². The van der Waals surface area contributed by atoms with E-state index in [0.29, 0.717) is 52.3 Å². The van der Waals surface area contributed by atoms with Crippen LogP contribution in [0.3, 0.4) is 0 Å². The van der Waals surface area contributed by atoms with Gasteiger partial charge in [-0.2, -0.15) is 4.31 Å². The number of hydrogen-bond donors (Lipinski definition) is 0. The first kappa shape index (κ1) is 21.8. The number of hydrogen-bond acceptors (Lipinski definition) is 6. The Labute approximate surface area is 186 Å². The largest absolute Gasteiger partial charge is 0.450 e. The van der Waals surface area contributed by atoms with Crippen molar-refractivity contribution in [3.63, 3.8) is 0 Å². The first-order valence-corrected chi connectivity index (χ1v) is 12.6. The number of carbonyl (C=O) groups excluding carboxylic acids is 2. The molecule has 0 atom stereocenters. The Morgan fingerprint density at radius 3 is 2.39 bits per heavy atom. The number of fused-ring (bicyclic) bond motifs is 1. The van der Waals surface area contributed by atoms with Crippen LogP contribution in [0.5, 0.6) is 0 Å². The van der Waals surface area contributed by atoms with E-state index in [4.69, 9.17) is 4.74 Å². The average molecular weight is 464 g/mol. The van der Waals surface area contributed by atoms with Gasteiger partial charge in [0.15, 0.2) is 0 Å². The quantitative estimate of drug-likeness (QED) is 0.695. The first-order valence-electron chi connectivity index (χ1n) is 10.3. The molecule has 0 radical (unpaired) electrons. The molecule has 1 fully saturated rings. The van der Waals surface area contributed by atoms with Crippen LogP contribution in [-0.2, 0) is 27.7 Å². The molecule has 2 aliphatic heterocycles. The molecule has 8 nitrogen and oxygen atoms in total. The number of carbonyl (C=O) groups is 2. The van der Waals surface area contributed by atoms with Crippen LogP contribution in [0.15, 0.2) is 40.6 Å². The zero-order valence-electron chi connectivity index (χ0n) is 17.3. The molecule has 31 heavy (non-hydrogen) atoms. The molecule has 1 aromatic heterocycles. The maximum absolute atomic E-state index is 13.4. The molecule has 0 saturated carbocycles. The van der Waals surface area contributed by atoms with Gasteiger partial charge in [0.25, 0.3) is 5.91 Å². The van der Waals surface area contributed by atoms with Gasteiger partial charge in [-0.15, -0.1) is 11.3 Å². The van der Waals surface area contributed by atoms with Crippen molar-refractivity contribution < 1.29 is 22.7 Å². The summed E-state index contributed by atoms with van der Waals surface area (Å²) in [6.45, 7) is 4.15. The second kappa shape index (κ2) is 8.97. The Balaban J connectivity index is 1.49. The molecule has 0 aliphatic carbocycles. The SMILES string of the molecule is CCOC(=O)N1CCN(C(=O)c2sccc2S(=O)(=O)N2CCc3ccccc3C2)CC1. The molecule has 2 aromatic rings. The van der Waals surface area contributed by atoms with Crippen molar-refractivity contribution >= 4 is 33.4 Å². The summed E-state index contributed by atoms with van der Waals surface area (Å²) in [4.78, 5) is 28.5. The minimum Gasteiger partial charge on any atom is -0.450 e. The topological polar surface area (TPSA) is 87.2 Å². The summed E-state index contributed by atoms with van der Waals surface area (Å²) >= 11 is 1.14. The third kappa shape index (κ3) is 4.32. The van der Waals surface area contributed by atoms with Gasteiger partial charge in [-0.3, -0.25) is 4.79 Å². The van der Waals surface area contributed by atoms with Crippen LogP contribution < -0.4 is 0 Å². The Hall–Kier alpha value is -2.43. The van der Waals surface area contributed by atoms with E-state index in [2.05, 4.69) is 0 Å². The van der Waals surface area contributed by atoms with Gasteiger partial charge in [-0.25, -0.2) is 13.2 Å². The molecule has 4 rings (SSSR count). The molecule has 3 heterocycles. The van der Waals surface area contributed by atoms with Crippen molar-refractivity contribution in [2.75, 3.05) is 39.3 Å². The summed E-state index contributed by atoms with van der Waals surface area (Å²) in [5.74, 6) is -0.311. The van der Waals surface area contributed by atoms with E-state index in [1.165, 1.54) is 10.4 Å². The summed E-state index contributed by atoms with van der Waals surface area (Å²) in [6.07, 6.45) is 0.262. The van der Waals surface area contributed by atoms with E-state index < -0.39 is 10.0 Å². The van der Waals surface area contributed by atoms with Gasteiger partial charge in [0.05, 0.1) is 6.61 Å². The van der Waals surface area contributed by atoms with E-state index in [1.54, 1.807) is 22.1 Å². The molecular formula is C21H25N3O5S2. The van der Waals surface area contributed by atoms with Crippen LogP contribution in [0.1, 0.15) is 27.7 Å². The first-order chi connectivity index (χ1) is 14.9. The zero-order chi connectivity index (χ0) is 22.0. The molecular weight excluding hydrogens is 438 g/mol. The fourth-order valence-corrected chi connectivity index (χ4v) is 6.70. The number of piperazine rings is 1. The standard InChI is InChI=1S/C21H25N3O5S2/c1-2-29-21(26)23-12-10-22(11-13-23)20(25)19-18(8-14-30-19)31(27,28)24-9-7-16-5-3-4-6-17(16)15-24/h3-6,8,14H,2,7,9-13,15H2,1H3. The third-order valence-corrected chi connectivity index (χ3v) is 8.55. The maximum Gasteiger partial charge on any atom is 0.409 e. The van der Waals surface area contributed by atoms with Gasteiger partial charge in [-0.05, 0) is 35.9 Å². The van der Waals surface area contributed by atoms with E-state index >= 15 is 0 Å². The molecule has 2 amide bonds. The molecule has 0 N–H and O–H groups in total. The highest BCUT2D eigenvalue weighted by Gasteiger charge is 2.34. The van der Waals surface area contributed by atoms with Crippen molar-refractivity contribution in [3.8, 4) is 0 Å². The van der Waals surface area contributed by atoms with Gasteiger partial charge in [0.1, 0.15) is 9.77 Å². The summed E-state index contributed by atoms with van der Waals surface area (Å²) in [7, 11) is -3.80.